The topological polar surface area (TPSA) is 158 Å². The molecule has 12 nitrogen and oxygen atoms in total. The first-order valence-electron chi connectivity index (χ1n) is 38.6. The highest BCUT2D eigenvalue weighted by atomic mass is 16.6. The quantitative estimate of drug-likeness (QED) is 0.0772. The van der Waals surface area contributed by atoms with Crippen molar-refractivity contribution in [3.05, 3.63) is 0 Å². The summed E-state index contributed by atoms with van der Waals surface area (Å²) in [7, 11) is 0. The van der Waals surface area contributed by atoms with Gasteiger partial charge in [0.2, 0.25) is 0 Å². The summed E-state index contributed by atoms with van der Waals surface area (Å²) in [6, 6.07) is 0. The first-order chi connectivity index (χ1) is 43.3. The maximum absolute atomic E-state index is 13.4. The van der Waals surface area contributed by atoms with Crippen LogP contribution in [0.15, 0.2) is 0 Å². The highest BCUT2D eigenvalue weighted by Gasteiger charge is 2.70. The third kappa shape index (κ3) is 14.5. The number of fused-ring (bicyclic) bond motifs is 27. The molecule has 558 valence electrons. The number of carbonyl (C=O) groups excluding carboxylic acids is 6. The molecule has 24 atom stereocenters. The fraction of sp³-hybridized carbons (Fsp3) is 0.929. The van der Waals surface area contributed by atoms with Gasteiger partial charge in [-0.3, -0.25) is 28.8 Å². The maximum Gasteiger partial charge on any atom is 0.311 e. The summed E-state index contributed by atoms with van der Waals surface area (Å²) in [6.07, 6.45) is 33.8. The van der Waals surface area contributed by atoms with Gasteiger partial charge in [0, 0.05) is 0 Å². The number of hydrogen-bond donors (Lipinski definition) is 0. The molecule has 0 saturated heterocycles. The van der Waals surface area contributed by atoms with Gasteiger partial charge in [0.1, 0.15) is 35.1 Å². The van der Waals surface area contributed by atoms with Crippen molar-refractivity contribution in [2.24, 2.45) is 141 Å². The van der Waals surface area contributed by atoms with E-state index in [1.807, 2.05) is 41.5 Å². The van der Waals surface area contributed by atoms with Gasteiger partial charge in [-0.05, 0) is 341 Å². The minimum atomic E-state index is -0.406. The van der Waals surface area contributed by atoms with E-state index >= 15 is 0 Å². The summed E-state index contributed by atoms with van der Waals surface area (Å²) in [5.41, 5.74) is -1.84. The van der Waals surface area contributed by atoms with Gasteiger partial charge in [-0.2, -0.15) is 0 Å². The third-order valence-electron chi connectivity index (χ3n) is 30.7. The molecular weight excluding hydrogens is 1210 g/mol. The molecule has 0 amide bonds. The second-order valence-corrected chi connectivity index (χ2v) is 36.3. The molecule has 0 spiro atoms. The molecular formula is C85H146O12. The van der Waals surface area contributed by atoms with Crippen molar-refractivity contribution in [1.29, 1.82) is 0 Å². The Morgan fingerprint density at radius 2 is 0.567 bits per heavy atom. The molecule has 0 N–H and O–H groups in total. The van der Waals surface area contributed by atoms with Gasteiger partial charge < -0.3 is 28.4 Å². The first-order valence-corrected chi connectivity index (χ1v) is 38.6. The molecule has 0 radical (unpaired) electrons. The lowest BCUT2D eigenvalue weighted by Crippen LogP contribution is -2.45. The number of carbonyl (C=O) groups is 6. The Balaban J connectivity index is 0.000000199. The molecule has 24 unspecified atom stereocenters. The molecule has 12 heteroatoms. The average Bonchev–Trinajstić information content (AvgIpc) is 1.56. The number of hydrogen-bond acceptors (Lipinski definition) is 12. The van der Waals surface area contributed by atoms with E-state index in [4.69, 9.17) is 28.4 Å². The molecule has 15 saturated carbocycles. The Bertz CT molecular complexity index is 2710. The predicted octanol–water partition coefficient (Wildman–Crippen LogP) is 20.8. The molecule has 15 aliphatic rings. The Morgan fingerprint density at radius 1 is 0.320 bits per heavy atom. The first kappa shape index (κ1) is 81.1. The van der Waals surface area contributed by atoms with E-state index in [1.165, 1.54) is 89.9 Å². The average molecular weight is 1360 g/mol. The lowest BCUT2D eigenvalue weighted by atomic mass is 9.66. The second-order valence-electron chi connectivity index (χ2n) is 36.3. The van der Waals surface area contributed by atoms with E-state index in [0.29, 0.717) is 88.8 Å². The summed E-state index contributed by atoms with van der Waals surface area (Å²) in [5.74, 6) is 11.4. The van der Waals surface area contributed by atoms with Gasteiger partial charge >= 0.3 is 35.8 Å². The molecule has 97 heavy (non-hydrogen) atoms. The van der Waals surface area contributed by atoms with Crippen LogP contribution in [0.3, 0.4) is 0 Å². The molecule has 15 aliphatic carbocycles. The van der Waals surface area contributed by atoms with E-state index in [9.17, 15) is 28.8 Å². The summed E-state index contributed by atoms with van der Waals surface area (Å²) >= 11 is 0. The van der Waals surface area contributed by atoms with Crippen LogP contribution in [0.25, 0.3) is 0 Å². The van der Waals surface area contributed by atoms with Gasteiger partial charge in [0.25, 0.3) is 0 Å². The Labute approximate surface area is 592 Å². The number of ether oxygens (including phenoxy) is 6. The molecule has 0 heterocycles. The molecule has 0 aliphatic heterocycles. The lowest BCUT2D eigenvalue weighted by molar-refractivity contribution is -0.175. The zero-order valence-corrected chi connectivity index (χ0v) is 58.7. The smallest absolute Gasteiger partial charge is 0.311 e. The lowest BCUT2D eigenvalue weighted by Gasteiger charge is -2.42. The van der Waals surface area contributed by atoms with Crippen LogP contribution in [0.2, 0.25) is 0 Å². The van der Waals surface area contributed by atoms with Crippen molar-refractivity contribution in [2.75, 3.05) is 0 Å². The van der Waals surface area contributed by atoms with Crippen molar-refractivity contribution in [3.8, 4) is 0 Å². The van der Waals surface area contributed by atoms with Crippen LogP contribution in [0.5, 0.6) is 0 Å². The SMILES string of the molecule is C.C.C.C.C.C.CCC(C)(C)C(=O)OC1CC2CC1C1C3CC(CC3C(=O)OC3(C)CCCCC3)C21.CCC1(OC(=O)C2CC3CC2C2C4CC(CC4OC(=O)C(C)(C)CC)C32)CCCC1.CCC1(OC(=O)C2CC3CC2C2C4CC(CC4OC(=O)C(C)(C)CC)C32)CCCCC1. The van der Waals surface area contributed by atoms with Crippen molar-refractivity contribution >= 4 is 35.8 Å². The van der Waals surface area contributed by atoms with E-state index < -0.39 is 16.2 Å². The van der Waals surface area contributed by atoms with Crippen LogP contribution in [0.1, 0.15) is 327 Å². The standard InChI is InChI=1S/C27H42O4.2C26H40O4.6CH4/c1-5-26(3,4)25(29)30-21-15-17-14-20(21)23-18-12-16(22(17)23)13-19(18)24(28)31-27(6-2)10-8-7-9-11-27;1-5-25(2,3)24(28)29-20-14-16-13-19(20)22-17-11-15(21(16)22)12-18(17)23(27)30-26(4)9-7-6-8-10-26;1-5-25(3,4)24(28)29-20-14-16-13-19(20)22-17-11-15(21(16)22)12-18(17)23(27)30-26(6-2)9-7-8-10-26;;;;;;/h16-23H,5-15H2,1-4H3;2*15-22H,5-14H2,1-4H3;6*1H4. The van der Waals surface area contributed by atoms with Crippen molar-refractivity contribution < 1.29 is 57.2 Å². The summed E-state index contributed by atoms with van der Waals surface area (Å²) in [6.45, 7) is 24.6. The zero-order chi connectivity index (χ0) is 64.5. The highest BCUT2D eigenvalue weighted by molar-refractivity contribution is 5.78. The Hall–Kier alpha value is -3.18. The minimum Gasteiger partial charge on any atom is -0.462 e. The van der Waals surface area contributed by atoms with E-state index in [2.05, 4.69) is 41.5 Å². The van der Waals surface area contributed by atoms with E-state index in [0.717, 1.165) is 127 Å². The van der Waals surface area contributed by atoms with Crippen LogP contribution in [0, 0.1) is 141 Å². The fourth-order valence-corrected chi connectivity index (χ4v) is 24.7. The molecule has 12 bridgehead atoms. The number of esters is 6. The largest absolute Gasteiger partial charge is 0.462 e. The normalized spacial score (nSPS) is 40.3. The second kappa shape index (κ2) is 30.6. The zero-order valence-electron chi connectivity index (χ0n) is 58.7. The Kier molecular flexibility index (Phi) is 25.6. The van der Waals surface area contributed by atoms with Gasteiger partial charge in [0.05, 0.1) is 34.0 Å². The molecule has 15 rings (SSSR count). The summed E-state index contributed by atoms with van der Waals surface area (Å²) in [4.78, 5) is 78.1. The number of rotatable bonds is 17. The van der Waals surface area contributed by atoms with Gasteiger partial charge in [-0.15, -0.1) is 0 Å². The van der Waals surface area contributed by atoms with Crippen LogP contribution in [0.4, 0.5) is 0 Å². The summed E-state index contributed by atoms with van der Waals surface area (Å²) < 4.78 is 37.0. The van der Waals surface area contributed by atoms with Gasteiger partial charge in [-0.1, -0.05) is 92.0 Å². The van der Waals surface area contributed by atoms with E-state index in [1.54, 1.807) is 0 Å². The molecule has 15 fully saturated rings. The molecule has 0 aromatic heterocycles. The molecule has 0 aromatic rings. The van der Waals surface area contributed by atoms with Crippen LogP contribution >= 0.6 is 0 Å². The fourth-order valence-electron chi connectivity index (χ4n) is 24.7. The summed E-state index contributed by atoms with van der Waals surface area (Å²) in [5, 5.41) is 0. The van der Waals surface area contributed by atoms with Crippen molar-refractivity contribution in [3.63, 3.8) is 0 Å². The minimum absolute atomic E-state index is 0. The van der Waals surface area contributed by atoms with E-state index in [-0.39, 0.29) is 133 Å². The predicted molar refractivity (Wildman–Crippen MR) is 388 cm³/mol. The van der Waals surface area contributed by atoms with Crippen LogP contribution in [-0.2, 0) is 57.2 Å². The van der Waals surface area contributed by atoms with Gasteiger partial charge in [0.15, 0.2) is 0 Å². The molecule has 0 aromatic carbocycles. The van der Waals surface area contributed by atoms with Gasteiger partial charge in [-0.25, -0.2) is 0 Å². The Morgan fingerprint density at radius 3 is 0.845 bits per heavy atom. The monoisotopic (exact) mass is 1360 g/mol. The highest BCUT2D eigenvalue weighted by Crippen LogP contribution is 2.72. The van der Waals surface area contributed by atoms with Crippen molar-refractivity contribution in [2.45, 2.75) is 362 Å². The third-order valence-corrected chi connectivity index (χ3v) is 30.7. The van der Waals surface area contributed by atoms with Crippen LogP contribution in [-0.4, -0.2) is 70.9 Å². The maximum atomic E-state index is 13.4. The van der Waals surface area contributed by atoms with Crippen LogP contribution < -0.4 is 0 Å². The van der Waals surface area contributed by atoms with Crippen molar-refractivity contribution in [1.82, 2.24) is 0 Å².